The van der Waals surface area contributed by atoms with Gasteiger partial charge in [-0.05, 0) is 33.2 Å². The van der Waals surface area contributed by atoms with E-state index < -0.39 is 5.97 Å². The van der Waals surface area contributed by atoms with Crippen LogP contribution in [0.2, 0.25) is 0 Å². The summed E-state index contributed by atoms with van der Waals surface area (Å²) in [4.78, 5) is 29.2. The summed E-state index contributed by atoms with van der Waals surface area (Å²) in [6.07, 6.45) is 1.76. The lowest BCUT2D eigenvalue weighted by Gasteiger charge is -2.38. The highest BCUT2D eigenvalue weighted by Crippen LogP contribution is 2.10. The van der Waals surface area contributed by atoms with Crippen molar-refractivity contribution in [2.75, 3.05) is 39.3 Å². The van der Waals surface area contributed by atoms with E-state index in [9.17, 15) is 9.59 Å². The van der Waals surface area contributed by atoms with E-state index in [1.54, 1.807) is 4.90 Å². The molecule has 1 heterocycles. The van der Waals surface area contributed by atoms with E-state index in [1.807, 2.05) is 18.7 Å². The molecular weight excluding hydrogens is 270 g/mol. The van der Waals surface area contributed by atoms with Crippen LogP contribution >= 0.6 is 0 Å². The maximum Gasteiger partial charge on any atom is 0.320 e. The molecule has 0 saturated carbocycles. The van der Waals surface area contributed by atoms with Crippen LogP contribution in [0.3, 0.4) is 0 Å². The molecule has 1 fully saturated rings. The van der Waals surface area contributed by atoms with Gasteiger partial charge in [-0.25, -0.2) is 4.79 Å². The van der Waals surface area contributed by atoms with E-state index in [0.29, 0.717) is 13.0 Å². The summed E-state index contributed by atoms with van der Waals surface area (Å²) < 4.78 is 0. The molecule has 0 bridgehead atoms. The first-order valence-electron chi connectivity index (χ1n) is 7.95. The average molecular weight is 299 g/mol. The predicted molar refractivity (Wildman–Crippen MR) is 82.4 cm³/mol. The highest BCUT2D eigenvalue weighted by Gasteiger charge is 2.26. The third kappa shape index (κ3) is 5.91. The van der Waals surface area contributed by atoms with Crippen LogP contribution in [0.15, 0.2) is 0 Å². The van der Waals surface area contributed by atoms with Crippen molar-refractivity contribution < 1.29 is 14.7 Å². The first-order valence-corrected chi connectivity index (χ1v) is 7.95. The topological polar surface area (TPSA) is 64.1 Å². The van der Waals surface area contributed by atoms with Gasteiger partial charge in [-0.2, -0.15) is 0 Å². The SMILES string of the molecule is CCCN1CCN(C(=O)N(CCCC(=O)O)C(C)C)CC1. The molecule has 0 aliphatic carbocycles. The fourth-order valence-electron chi connectivity index (χ4n) is 2.64. The summed E-state index contributed by atoms with van der Waals surface area (Å²) in [5, 5.41) is 8.71. The molecule has 0 radical (unpaired) electrons. The van der Waals surface area contributed by atoms with Gasteiger partial charge in [-0.1, -0.05) is 6.92 Å². The Morgan fingerprint density at radius 3 is 2.29 bits per heavy atom. The number of carbonyl (C=O) groups is 2. The minimum absolute atomic E-state index is 0.0477. The second-order valence-corrected chi connectivity index (χ2v) is 5.90. The van der Waals surface area contributed by atoms with Crippen molar-refractivity contribution in [1.29, 1.82) is 0 Å². The predicted octanol–water partition coefficient (Wildman–Crippen LogP) is 1.71. The Kier molecular flexibility index (Phi) is 7.50. The van der Waals surface area contributed by atoms with E-state index in [4.69, 9.17) is 5.11 Å². The molecule has 0 unspecified atom stereocenters. The molecule has 1 aliphatic rings. The van der Waals surface area contributed by atoms with Gasteiger partial charge in [0.25, 0.3) is 0 Å². The summed E-state index contributed by atoms with van der Waals surface area (Å²) in [6, 6.07) is 0.145. The van der Waals surface area contributed by atoms with Gasteiger partial charge in [-0.3, -0.25) is 9.69 Å². The molecule has 0 aromatic rings. The fraction of sp³-hybridized carbons (Fsp3) is 0.867. The second-order valence-electron chi connectivity index (χ2n) is 5.90. The monoisotopic (exact) mass is 299 g/mol. The Balaban J connectivity index is 2.47. The molecule has 1 rings (SSSR count). The Bertz CT molecular complexity index is 339. The molecule has 1 saturated heterocycles. The molecule has 122 valence electrons. The van der Waals surface area contributed by atoms with Crippen LogP contribution in [-0.2, 0) is 4.79 Å². The minimum atomic E-state index is -0.806. The number of carboxylic acids is 1. The third-order valence-corrected chi connectivity index (χ3v) is 3.84. The molecule has 2 amide bonds. The summed E-state index contributed by atoms with van der Waals surface area (Å²) in [7, 11) is 0. The van der Waals surface area contributed by atoms with Crippen LogP contribution < -0.4 is 0 Å². The van der Waals surface area contributed by atoms with Crippen molar-refractivity contribution in [2.45, 2.75) is 46.1 Å². The van der Waals surface area contributed by atoms with Crippen molar-refractivity contribution in [2.24, 2.45) is 0 Å². The fourth-order valence-corrected chi connectivity index (χ4v) is 2.64. The molecule has 6 heteroatoms. The average Bonchev–Trinajstić information content (AvgIpc) is 2.43. The highest BCUT2D eigenvalue weighted by molar-refractivity contribution is 5.75. The smallest absolute Gasteiger partial charge is 0.320 e. The Morgan fingerprint density at radius 1 is 1.19 bits per heavy atom. The maximum atomic E-state index is 12.6. The van der Waals surface area contributed by atoms with Gasteiger partial charge >= 0.3 is 12.0 Å². The van der Waals surface area contributed by atoms with E-state index in [1.165, 1.54) is 0 Å². The molecule has 1 aliphatic heterocycles. The molecule has 0 spiro atoms. The zero-order valence-corrected chi connectivity index (χ0v) is 13.5. The third-order valence-electron chi connectivity index (χ3n) is 3.84. The molecule has 0 aromatic heterocycles. The van der Waals surface area contributed by atoms with Gasteiger partial charge in [0.1, 0.15) is 0 Å². The zero-order valence-electron chi connectivity index (χ0n) is 13.5. The number of hydrogen-bond acceptors (Lipinski definition) is 3. The van der Waals surface area contributed by atoms with Crippen molar-refractivity contribution in [3.05, 3.63) is 0 Å². The quantitative estimate of drug-likeness (QED) is 0.777. The number of piperazine rings is 1. The Labute approximate surface area is 127 Å². The largest absolute Gasteiger partial charge is 0.481 e. The van der Waals surface area contributed by atoms with Crippen LogP contribution in [0.5, 0.6) is 0 Å². The van der Waals surface area contributed by atoms with Crippen molar-refractivity contribution in [1.82, 2.24) is 14.7 Å². The van der Waals surface area contributed by atoms with E-state index >= 15 is 0 Å². The molecule has 1 N–H and O–H groups in total. The van der Waals surface area contributed by atoms with E-state index in [0.717, 1.165) is 39.1 Å². The lowest BCUT2D eigenvalue weighted by Crippen LogP contribution is -2.54. The minimum Gasteiger partial charge on any atom is -0.481 e. The number of nitrogens with zero attached hydrogens (tertiary/aromatic N) is 3. The van der Waals surface area contributed by atoms with Gasteiger partial charge in [0.2, 0.25) is 0 Å². The molecule has 21 heavy (non-hydrogen) atoms. The number of carbonyl (C=O) groups excluding carboxylic acids is 1. The second kappa shape index (κ2) is 8.87. The first kappa shape index (κ1) is 17.8. The summed E-state index contributed by atoms with van der Waals surface area (Å²) in [6.45, 7) is 11.1. The molecular formula is C15H29N3O3. The van der Waals surface area contributed by atoms with Gasteiger partial charge < -0.3 is 14.9 Å². The lowest BCUT2D eigenvalue weighted by molar-refractivity contribution is -0.137. The summed E-state index contributed by atoms with van der Waals surface area (Å²) in [5.41, 5.74) is 0. The number of urea groups is 1. The van der Waals surface area contributed by atoms with Crippen LogP contribution in [0.1, 0.15) is 40.0 Å². The van der Waals surface area contributed by atoms with E-state index in [2.05, 4.69) is 11.8 Å². The molecule has 0 aromatic carbocycles. The van der Waals surface area contributed by atoms with Gasteiger partial charge in [0.15, 0.2) is 0 Å². The van der Waals surface area contributed by atoms with Crippen LogP contribution in [0.4, 0.5) is 4.79 Å². The summed E-state index contributed by atoms with van der Waals surface area (Å²) >= 11 is 0. The number of carboxylic acid groups (broad SMARTS) is 1. The lowest BCUT2D eigenvalue weighted by atomic mass is 10.2. The molecule has 0 atom stereocenters. The maximum absolute atomic E-state index is 12.6. The number of rotatable bonds is 7. The standard InChI is InChI=1S/C15H29N3O3/c1-4-7-16-9-11-17(12-10-16)15(21)18(13(2)3)8-5-6-14(19)20/h13H,4-12H2,1-3H3,(H,19,20). The van der Waals surface area contributed by atoms with Gasteiger partial charge in [-0.15, -0.1) is 0 Å². The van der Waals surface area contributed by atoms with Crippen LogP contribution in [-0.4, -0.2) is 77.1 Å². The first-order chi connectivity index (χ1) is 9.95. The number of amides is 2. The van der Waals surface area contributed by atoms with Crippen LogP contribution in [0.25, 0.3) is 0 Å². The van der Waals surface area contributed by atoms with Crippen molar-refractivity contribution in [3.8, 4) is 0 Å². The Hall–Kier alpha value is -1.30. The van der Waals surface area contributed by atoms with Gasteiger partial charge in [0.05, 0.1) is 0 Å². The van der Waals surface area contributed by atoms with Crippen LogP contribution in [0, 0.1) is 0 Å². The van der Waals surface area contributed by atoms with Gasteiger partial charge in [0, 0.05) is 45.2 Å². The van der Waals surface area contributed by atoms with Crippen molar-refractivity contribution >= 4 is 12.0 Å². The zero-order chi connectivity index (χ0) is 15.8. The number of aliphatic carboxylic acids is 1. The Morgan fingerprint density at radius 2 is 1.81 bits per heavy atom. The van der Waals surface area contributed by atoms with E-state index in [-0.39, 0.29) is 18.5 Å². The van der Waals surface area contributed by atoms with Crippen molar-refractivity contribution in [3.63, 3.8) is 0 Å². The molecule has 6 nitrogen and oxygen atoms in total. The summed E-state index contributed by atoms with van der Waals surface area (Å²) in [5.74, 6) is -0.806. The number of hydrogen-bond donors (Lipinski definition) is 1. The normalized spacial score (nSPS) is 16.3. The highest BCUT2D eigenvalue weighted by atomic mass is 16.4.